The van der Waals surface area contributed by atoms with E-state index in [-0.39, 0.29) is 40.7 Å². The van der Waals surface area contributed by atoms with Gasteiger partial charge in [0.2, 0.25) is 10.0 Å². The highest BCUT2D eigenvalue weighted by Gasteiger charge is 2.31. The molecule has 0 spiro atoms. The molecule has 7 nitrogen and oxygen atoms in total. The van der Waals surface area contributed by atoms with Gasteiger partial charge in [-0.2, -0.15) is 4.31 Å². The monoisotopic (exact) mass is 318 g/mol. The van der Waals surface area contributed by atoms with Gasteiger partial charge in [0.05, 0.1) is 10.5 Å². The highest BCUT2D eigenvalue weighted by atomic mass is 32.2. The van der Waals surface area contributed by atoms with Crippen LogP contribution in [0.25, 0.3) is 0 Å². The van der Waals surface area contributed by atoms with Crippen molar-refractivity contribution >= 4 is 32.5 Å². The van der Waals surface area contributed by atoms with Crippen LogP contribution in [0.5, 0.6) is 0 Å². The maximum atomic E-state index is 12.5. The molecule has 1 aliphatic heterocycles. The average Bonchev–Trinajstić information content (AvgIpc) is 2.38. The molecule has 0 aliphatic carbocycles. The number of nitrogens with zero attached hydrogens (tertiary/aromatic N) is 1. The van der Waals surface area contributed by atoms with E-state index < -0.39 is 26.8 Å². The molecule has 0 radical (unpaired) electrons. The second kappa shape index (κ2) is 5.51. The lowest BCUT2D eigenvalue weighted by Gasteiger charge is -2.26. The summed E-state index contributed by atoms with van der Waals surface area (Å²) in [5.41, 5.74) is 5.41. The van der Waals surface area contributed by atoms with Crippen molar-refractivity contribution < 1.29 is 22.5 Å². The van der Waals surface area contributed by atoms with Gasteiger partial charge in [0.15, 0.2) is 0 Å². The minimum atomic E-state index is -3.95. The van der Waals surface area contributed by atoms with Gasteiger partial charge in [-0.25, -0.2) is 13.2 Å². The zero-order valence-electron chi connectivity index (χ0n) is 10.5. The molecule has 0 bridgehead atoms. The summed E-state index contributed by atoms with van der Waals surface area (Å²) in [7, 11) is -4.96. The zero-order chi connectivity index (χ0) is 14.9. The van der Waals surface area contributed by atoms with Crippen LogP contribution in [0.3, 0.4) is 0 Å². The quantitative estimate of drug-likeness (QED) is 0.740. The number of nitrogen functional groups attached to an aromatic ring is 1. The highest BCUT2D eigenvalue weighted by molar-refractivity contribution is 7.89. The van der Waals surface area contributed by atoms with E-state index in [1.807, 2.05) is 0 Å². The fraction of sp³-hybridized carbons (Fsp3) is 0.364. The molecule has 3 N–H and O–H groups in total. The Bertz CT molecular complexity index is 661. The van der Waals surface area contributed by atoms with Crippen LogP contribution in [0.4, 0.5) is 5.69 Å². The van der Waals surface area contributed by atoms with Gasteiger partial charge in [0.1, 0.15) is 0 Å². The molecule has 1 saturated heterocycles. The summed E-state index contributed by atoms with van der Waals surface area (Å²) in [5.74, 6) is -0.822. The number of anilines is 1. The molecular weight excluding hydrogens is 304 g/mol. The number of carboxylic acids is 1. The first kappa shape index (κ1) is 14.9. The molecule has 1 fully saturated rings. The van der Waals surface area contributed by atoms with Crippen LogP contribution in [-0.2, 0) is 20.8 Å². The van der Waals surface area contributed by atoms with Crippen LogP contribution >= 0.6 is 0 Å². The Hall–Kier alpha value is -1.45. The molecule has 0 saturated carbocycles. The highest BCUT2D eigenvalue weighted by Crippen LogP contribution is 2.24. The van der Waals surface area contributed by atoms with Crippen molar-refractivity contribution in [2.75, 3.05) is 30.3 Å². The number of hydrogen-bond donors (Lipinski definition) is 2. The van der Waals surface area contributed by atoms with E-state index in [0.717, 1.165) is 10.4 Å². The van der Waals surface area contributed by atoms with E-state index in [4.69, 9.17) is 10.8 Å². The molecule has 1 aromatic carbocycles. The first-order valence-corrected chi connectivity index (χ1v) is 8.73. The minimum Gasteiger partial charge on any atom is -0.478 e. The number of rotatable bonds is 3. The first-order valence-electron chi connectivity index (χ1n) is 5.80. The summed E-state index contributed by atoms with van der Waals surface area (Å²) in [4.78, 5) is 10.8. The van der Waals surface area contributed by atoms with Gasteiger partial charge in [-0.1, -0.05) is 0 Å². The number of hydrogen-bond acceptors (Lipinski definition) is 5. The van der Waals surface area contributed by atoms with Crippen molar-refractivity contribution in [2.24, 2.45) is 0 Å². The van der Waals surface area contributed by atoms with Gasteiger partial charge < -0.3 is 10.8 Å². The van der Waals surface area contributed by atoms with Crippen molar-refractivity contribution in [3.8, 4) is 0 Å². The van der Waals surface area contributed by atoms with Crippen molar-refractivity contribution in [3.05, 3.63) is 23.8 Å². The number of sulfonamides is 1. The molecular formula is C11H14N2O5S2. The number of carbonyl (C=O) groups is 1. The third-order valence-electron chi connectivity index (χ3n) is 2.99. The van der Waals surface area contributed by atoms with Crippen molar-refractivity contribution in [1.82, 2.24) is 4.31 Å². The molecule has 0 atom stereocenters. The summed E-state index contributed by atoms with van der Waals surface area (Å²) < 4.78 is 37.4. The number of aromatic carboxylic acids is 1. The molecule has 0 amide bonds. The van der Waals surface area contributed by atoms with Gasteiger partial charge in [0, 0.05) is 41.1 Å². The van der Waals surface area contributed by atoms with Gasteiger partial charge >= 0.3 is 5.97 Å². The van der Waals surface area contributed by atoms with Crippen LogP contribution in [-0.4, -0.2) is 52.6 Å². The normalized spacial score (nSPS) is 18.0. The van der Waals surface area contributed by atoms with Crippen molar-refractivity contribution in [3.63, 3.8) is 0 Å². The SMILES string of the molecule is Nc1ccc(C(=O)O)c(S(=O)(=O)N2CCS(=O)CC2)c1. The second-order valence-electron chi connectivity index (χ2n) is 4.31. The molecule has 1 aromatic rings. The average molecular weight is 318 g/mol. The molecule has 2 rings (SSSR count). The smallest absolute Gasteiger partial charge is 0.337 e. The van der Waals surface area contributed by atoms with Crippen LogP contribution < -0.4 is 5.73 Å². The van der Waals surface area contributed by atoms with E-state index in [9.17, 15) is 17.4 Å². The van der Waals surface area contributed by atoms with Gasteiger partial charge in [0.25, 0.3) is 0 Å². The first-order chi connectivity index (χ1) is 9.32. The predicted molar refractivity (Wildman–Crippen MR) is 74.4 cm³/mol. The van der Waals surface area contributed by atoms with E-state index in [1.165, 1.54) is 12.1 Å². The summed E-state index contributed by atoms with van der Waals surface area (Å²) in [6.07, 6.45) is 0. The van der Waals surface area contributed by atoms with Crippen LogP contribution in [0.2, 0.25) is 0 Å². The van der Waals surface area contributed by atoms with E-state index in [2.05, 4.69) is 0 Å². The summed E-state index contributed by atoms with van der Waals surface area (Å²) in [6, 6.07) is 3.66. The van der Waals surface area contributed by atoms with Gasteiger partial charge in [-0.15, -0.1) is 0 Å². The zero-order valence-corrected chi connectivity index (χ0v) is 12.1. The molecule has 9 heteroatoms. The lowest BCUT2D eigenvalue weighted by Crippen LogP contribution is -2.42. The standard InChI is InChI=1S/C11H14N2O5S2/c12-8-1-2-9(11(14)15)10(7-8)20(17,18)13-3-5-19(16)6-4-13/h1-2,7H,3-6,12H2,(H,14,15). The Morgan fingerprint density at radius 2 is 1.90 bits per heavy atom. The van der Waals surface area contributed by atoms with Crippen LogP contribution in [0, 0.1) is 0 Å². The Balaban J connectivity index is 2.46. The molecule has 0 aromatic heterocycles. The number of nitrogens with two attached hydrogens (primary N) is 1. The van der Waals surface area contributed by atoms with E-state index in [1.54, 1.807) is 0 Å². The third kappa shape index (κ3) is 2.84. The van der Waals surface area contributed by atoms with Crippen LogP contribution in [0.1, 0.15) is 10.4 Å². The summed E-state index contributed by atoms with van der Waals surface area (Å²) in [6.45, 7) is 0.228. The Morgan fingerprint density at radius 1 is 1.30 bits per heavy atom. The second-order valence-corrected chi connectivity index (χ2v) is 7.92. The maximum Gasteiger partial charge on any atom is 0.337 e. The van der Waals surface area contributed by atoms with Gasteiger partial charge in [-0.05, 0) is 18.2 Å². The molecule has 110 valence electrons. The van der Waals surface area contributed by atoms with E-state index >= 15 is 0 Å². The Morgan fingerprint density at radius 3 is 2.45 bits per heavy atom. The lowest BCUT2D eigenvalue weighted by atomic mass is 10.2. The lowest BCUT2D eigenvalue weighted by molar-refractivity contribution is 0.0692. The molecule has 0 unspecified atom stereocenters. The Kier molecular flexibility index (Phi) is 4.11. The summed E-state index contributed by atoms with van der Waals surface area (Å²) in [5, 5.41) is 9.09. The fourth-order valence-corrected chi connectivity index (χ4v) is 4.87. The number of carboxylic acid groups (broad SMARTS) is 1. The predicted octanol–water partition coefficient (Wildman–Crippen LogP) is -0.280. The van der Waals surface area contributed by atoms with Crippen molar-refractivity contribution in [2.45, 2.75) is 4.90 Å². The molecule has 1 heterocycles. The minimum absolute atomic E-state index is 0.114. The fourth-order valence-electron chi connectivity index (χ4n) is 1.93. The number of benzene rings is 1. The van der Waals surface area contributed by atoms with Gasteiger partial charge in [-0.3, -0.25) is 4.21 Å². The topological polar surface area (TPSA) is 118 Å². The summed E-state index contributed by atoms with van der Waals surface area (Å²) >= 11 is 0. The molecule has 20 heavy (non-hydrogen) atoms. The van der Waals surface area contributed by atoms with Crippen LogP contribution in [0.15, 0.2) is 23.1 Å². The molecule has 1 aliphatic rings. The Labute approximate surface area is 118 Å². The largest absolute Gasteiger partial charge is 0.478 e. The third-order valence-corrected chi connectivity index (χ3v) is 6.21. The van der Waals surface area contributed by atoms with E-state index in [0.29, 0.717) is 0 Å². The maximum absolute atomic E-state index is 12.5. The van der Waals surface area contributed by atoms with Crippen molar-refractivity contribution in [1.29, 1.82) is 0 Å².